The van der Waals surface area contributed by atoms with Crippen LogP contribution >= 0.6 is 11.3 Å². The summed E-state index contributed by atoms with van der Waals surface area (Å²) in [6, 6.07) is 4.54. The molecule has 7 heteroatoms. The molecule has 0 unspecified atom stereocenters. The third-order valence-corrected chi connectivity index (χ3v) is 7.33. The Labute approximate surface area is 136 Å². The van der Waals surface area contributed by atoms with Crippen LogP contribution in [0, 0.1) is 6.92 Å². The summed E-state index contributed by atoms with van der Waals surface area (Å²) in [6.45, 7) is 6.31. The molecular weight excluding hydrogens is 320 g/mol. The standard InChI is InChI=1S/C15H24N2O3S2/c1-12-3-4-13(21-12)9-17-6-5-16(7-8-20-2)14-10-22(18,19)11-15(14)17/h3-4,14-15H,5-11H2,1-2H3/t14-,15+/m1/s1. The van der Waals surface area contributed by atoms with Crippen molar-refractivity contribution in [2.45, 2.75) is 25.6 Å². The van der Waals surface area contributed by atoms with Gasteiger partial charge in [-0.05, 0) is 19.1 Å². The van der Waals surface area contributed by atoms with E-state index in [2.05, 4.69) is 28.9 Å². The lowest BCUT2D eigenvalue weighted by Gasteiger charge is -2.43. The fraction of sp³-hybridized carbons (Fsp3) is 0.733. The van der Waals surface area contributed by atoms with Crippen LogP contribution in [0.2, 0.25) is 0 Å². The van der Waals surface area contributed by atoms with Gasteiger partial charge >= 0.3 is 0 Å². The Kier molecular flexibility index (Phi) is 4.89. The number of sulfone groups is 1. The summed E-state index contributed by atoms with van der Waals surface area (Å²) in [7, 11) is -1.23. The number of methoxy groups -OCH3 is 1. The van der Waals surface area contributed by atoms with Crippen LogP contribution in [-0.4, -0.2) is 75.2 Å². The molecule has 1 aromatic rings. The Hall–Kier alpha value is -0.470. The maximum Gasteiger partial charge on any atom is 0.153 e. The molecule has 0 radical (unpaired) electrons. The smallest absolute Gasteiger partial charge is 0.153 e. The predicted octanol–water partition coefficient (Wildman–Crippen LogP) is 0.986. The van der Waals surface area contributed by atoms with E-state index in [4.69, 9.17) is 4.74 Å². The van der Waals surface area contributed by atoms with Crippen LogP contribution < -0.4 is 0 Å². The number of ether oxygens (including phenoxy) is 1. The minimum absolute atomic E-state index is 0.120. The minimum Gasteiger partial charge on any atom is -0.383 e. The summed E-state index contributed by atoms with van der Waals surface area (Å²) in [5, 5.41) is 0. The lowest BCUT2D eigenvalue weighted by atomic mass is 10.0. The van der Waals surface area contributed by atoms with Crippen molar-refractivity contribution in [1.29, 1.82) is 0 Å². The average Bonchev–Trinajstić information content (AvgIpc) is 3.00. The summed E-state index contributed by atoms with van der Waals surface area (Å²) in [6.07, 6.45) is 0. The molecule has 1 aromatic heterocycles. The van der Waals surface area contributed by atoms with Gasteiger partial charge in [0.05, 0.1) is 18.1 Å². The fourth-order valence-electron chi connectivity index (χ4n) is 3.55. The van der Waals surface area contributed by atoms with E-state index in [9.17, 15) is 8.42 Å². The molecule has 22 heavy (non-hydrogen) atoms. The first-order valence-electron chi connectivity index (χ1n) is 7.71. The van der Waals surface area contributed by atoms with Crippen molar-refractivity contribution in [2.24, 2.45) is 0 Å². The molecule has 0 bridgehead atoms. The van der Waals surface area contributed by atoms with Crippen molar-refractivity contribution in [1.82, 2.24) is 9.80 Å². The van der Waals surface area contributed by atoms with Crippen molar-refractivity contribution < 1.29 is 13.2 Å². The highest BCUT2D eigenvalue weighted by molar-refractivity contribution is 7.91. The van der Waals surface area contributed by atoms with Gasteiger partial charge in [-0.3, -0.25) is 9.80 Å². The Balaban J connectivity index is 1.74. The number of fused-ring (bicyclic) bond motifs is 1. The molecular formula is C15H24N2O3S2. The first-order valence-corrected chi connectivity index (χ1v) is 10.3. The van der Waals surface area contributed by atoms with E-state index in [1.807, 2.05) is 0 Å². The van der Waals surface area contributed by atoms with Crippen LogP contribution in [0.25, 0.3) is 0 Å². The maximum absolute atomic E-state index is 12.1. The first-order chi connectivity index (χ1) is 10.5. The number of piperazine rings is 1. The van der Waals surface area contributed by atoms with E-state index in [0.717, 1.165) is 26.2 Å². The molecule has 3 rings (SSSR count). The third kappa shape index (κ3) is 3.54. The molecule has 2 aliphatic rings. The lowest BCUT2D eigenvalue weighted by molar-refractivity contribution is 0.0257. The number of hydrogen-bond donors (Lipinski definition) is 0. The second-order valence-electron chi connectivity index (χ2n) is 6.22. The average molecular weight is 345 g/mol. The van der Waals surface area contributed by atoms with Gasteiger partial charge in [-0.25, -0.2) is 8.42 Å². The number of hydrogen-bond acceptors (Lipinski definition) is 6. The highest BCUT2D eigenvalue weighted by atomic mass is 32.2. The monoisotopic (exact) mass is 344 g/mol. The highest BCUT2D eigenvalue weighted by Gasteiger charge is 2.46. The van der Waals surface area contributed by atoms with E-state index in [1.54, 1.807) is 18.4 Å². The SMILES string of the molecule is COCCN1CCN(Cc2ccc(C)s2)[C@H]2CS(=O)(=O)C[C@H]21. The molecule has 2 atom stereocenters. The Bertz CT molecular complexity index is 614. The van der Waals surface area contributed by atoms with Crippen molar-refractivity contribution in [3.8, 4) is 0 Å². The van der Waals surface area contributed by atoms with E-state index in [1.165, 1.54) is 9.75 Å². The number of aryl methyl sites for hydroxylation is 1. The van der Waals surface area contributed by atoms with Crippen molar-refractivity contribution in [3.05, 3.63) is 21.9 Å². The van der Waals surface area contributed by atoms with Crippen LogP contribution in [0.5, 0.6) is 0 Å². The molecule has 0 spiro atoms. The van der Waals surface area contributed by atoms with Crippen molar-refractivity contribution >= 4 is 21.2 Å². The Morgan fingerprint density at radius 1 is 1.23 bits per heavy atom. The second kappa shape index (κ2) is 6.57. The van der Waals surface area contributed by atoms with E-state index < -0.39 is 9.84 Å². The highest BCUT2D eigenvalue weighted by Crippen LogP contribution is 2.29. The van der Waals surface area contributed by atoms with Crippen LogP contribution in [0.1, 0.15) is 9.75 Å². The third-order valence-electron chi connectivity index (χ3n) is 4.64. The molecule has 124 valence electrons. The zero-order chi connectivity index (χ0) is 15.7. The summed E-state index contributed by atoms with van der Waals surface area (Å²) in [5.41, 5.74) is 0. The lowest BCUT2D eigenvalue weighted by Crippen LogP contribution is -2.59. The van der Waals surface area contributed by atoms with Crippen molar-refractivity contribution in [2.75, 3.05) is 44.9 Å². The number of thiophene rings is 1. The van der Waals surface area contributed by atoms with E-state index in [0.29, 0.717) is 18.1 Å². The summed E-state index contributed by atoms with van der Waals surface area (Å²) < 4.78 is 29.4. The van der Waals surface area contributed by atoms with Crippen LogP contribution in [0.15, 0.2) is 12.1 Å². The molecule has 2 aliphatic heterocycles. The van der Waals surface area contributed by atoms with Gasteiger partial charge in [0.1, 0.15) is 0 Å². The largest absolute Gasteiger partial charge is 0.383 e. The van der Waals surface area contributed by atoms with Crippen LogP contribution in [0.3, 0.4) is 0 Å². The zero-order valence-corrected chi connectivity index (χ0v) is 14.8. The van der Waals surface area contributed by atoms with Gasteiger partial charge < -0.3 is 4.74 Å². The summed E-state index contributed by atoms with van der Waals surface area (Å²) in [4.78, 5) is 7.30. The van der Waals surface area contributed by atoms with Gasteiger partial charge in [0.15, 0.2) is 9.84 Å². The zero-order valence-electron chi connectivity index (χ0n) is 13.2. The topological polar surface area (TPSA) is 49.9 Å². The number of nitrogens with zero attached hydrogens (tertiary/aromatic N) is 2. The van der Waals surface area contributed by atoms with Gasteiger partial charge in [0.25, 0.3) is 0 Å². The predicted molar refractivity (Wildman–Crippen MR) is 89.1 cm³/mol. The molecule has 0 N–H and O–H groups in total. The van der Waals surface area contributed by atoms with Gasteiger partial charge in [-0.1, -0.05) is 0 Å². The normalized spacial score (nSPS) is 28.8. The van der Waals surface area contributed by atoms with Crippen molar-refractivity contribution in [3.63, 3.8) is 0 Å². The van der Waals surface area contributed by atoms with Gasteiger partial charge in [-0.2, -0.15) is 0 Å². The minimum atomic E-state index is -2.93. The fourth-order valence-corrected chi connectivity index (χ4v) is 6.51. The molecule has 0 aliphatic carbocycles. The van der Waals surface area contributed by atoms with Gasteiger partial charge in [-0.15, -0.1) is 11.3 Å². The Morgan fingerprint density at radius 2 is 1.91 bits per heavy atom. The van der Waals surface area contributed by atoms with E-state index in [-0.39, 0.29) is 12.1 Å². The quantitative estimate of drug-likeness (QED) is 0.797. The van der Waals surface area contributed by atoms with Crippen LogP contribution in [0.4, 0.5) is 0 Å². The summed E-state index contributed by atoms with van der Waals surface area (Å²) in [5.74, 6) is 0.590. The van der Waals surface area contributed by atoms with Crippen LogP contribution in [-0.2, 0) is 21.1 Å². The maximum atomic E-state index is 12.1. The molecule has 2 fully saturated rings. The molecule has 0 amide bonds. The van der Waals surface area contributed by atoms with Gasteiger partial charge in [0.2, 0.25) is 0 Å². The molecule has 3 heterocycles. The summed E-state index contributed by atoms with van der Waals surface area (Å²) >= 11 is 1.81. The van der Waals surface area contributed by atoms with Gasteiger partial charge in [0, 0.05) is 55.1 Å². The molecule has 5 nitrogen and oxygen atoms in total. The second-order valence-corrected chi connectivity index (χ2v) is 9.75. The Morgan fingerprint density at radius 3 is 2.55 bits per heavy atom. The first kappa shape index (κ1) is 16.4. The number of rotatable bonds is 5. The molecule has 2 saturated heterocycles. The molecule has 0 aromatic carbocycles. The molecule has 0 saturated carbocycles. The van der Waals surface area contributed by atoms with E-state index >= 15 is 0 Å².